The van der Waals surface area contributed by atoms with Gasteiger partial charge in [-0.3, -0.25) is 14.7 Å². The Morgan fingerprint density at radius 1 is 1.44 bits per heavy atom. The molecule has 6 heteroatoms. The first kappa shape index (κ1) is 10.2. The summed E-state index contributed by atoms with van der Waals surface area (Å²) >= 11 is 0. The van der Waals surface area contributed by atoms with Gasteiger partial charge in [-0.25, -0.2) is 4.79 Å². The van der Waals surface area contributed by atoms with Crippen LogP contribution in [0.3, 0.4) is 0 Å². The maximum absolute atomic E-state index is 11.2. The zero-order valence-corrected chi connectivity index (χ0v) is 8.29. The highest BCUT2D eigenvalue weighted by molar-refractivity contribution is 5.34. The van der Waals surface area contributed by atoms with Gasteiger partial charge in [0.1, 0.15) is 0 Å². The van der Waals surface area contributed by atoms with Crippen molar-refractivity contribution in [3.05, 3.63) is 62.8 Å². The maximum Gasteiger partial charge on any atom is 0.325 e. The van der Waals surface area contributed by atoms with E-state index in [1.54, 1.807) is 18.3 Å². The van der Waals surface area contributed by atoms with Crippen LogP contribution in [0.4, 0.5) is 5.69 Å². The molecule has 0 unspecified atom stereocenters. The average Bonchev–Trinajstić information content (AvgIpc) is 2.65. The van der Waals surface area contributed by atoms with Crippen LogP contribution in [-0.2, 0) is 6.54 Å². The highest BCUT2D eigenvalue weighted by atomic mass is 16.6. The van der Waals surface area contributed by atoms with Crippen molar-refractivity contribution >= 4 is 5.69 Å². The van der Waals surface area contributed by atoms with Gasteiger partial charge in [-0.2, -0.15) is 0 Å². The van der Waals surface area contributed by atoms with Crippen molar-refractivity contribution in [1.29, 1.82) is 0 Å². The van der Waals surface area contributed by atoms with E-state index < -0.39 is 4.92 Å². The number of aromatic nitrogens is 2. The number of nitro groups is 1. The van der Waals surface area contributed by atoms with Gasteiger partial charge in [0.2, 0.25) is 0 Å². The lowest BCUT2D eigenvalue weighted by atomic mass is 10.2. The van der Waals surface area contributed by atoms with E-state index in [2.05, 4.69) is 4.98 Å². The normalized spacial score (nSPS) is 10.2. The summed E-state index contributed by atoms with van der Waals surface area (Å²) in [5.41, 5.74) is 0.517. The number of nitrogens with one attached hydrogen (secondary N) is 1. The van der Waals surface area contributed by atoms with Crippen LogP contribution in [0.2, 0.25) is 0 Å². The highest BCUT2D eigenvalue weighted by Gasteiger charge is 2.06. The van der Waals surface area contributed by atoms with Crippen LogP contribution in [0.5, 0.6) is 0 Å². The molecule has 1 N–H and O–H groups in total. The molecule has 0 saturated carbocycles. The van der Waals surface area contributed by atoms with Crippen LogP contribution in [0.25, 0.3) is 0 Å². The van der Waals surface area contributed by atoms with Gasteiger partial charge in [-0.05, 0) is 5.56 Å². The lowest BCUT2D eigenvalue weighted by Crippen LogP contribution is -2.16. The van der Waals surface area contributed by atoms with Crippen molar-refractivity contribution in [2.45, 2.75) is 6.54 Å². The molecule has 0 fully saturated rings. The number of non-ortho nitro benzene ring substituents is 1. The minimum Gasteiger partial charge on any atom is -0.313 e. The van der Waals surface area contributed by atoms with Gasteiger partial charge in [-0.1, -0.05) is 12.1 Å². The first-order chi connectivity index (χ1) is 7.66. The fourth-order valence-corrected chi connectivity index (χ4v) is 1.44. The molecule has 1 heterocycles. The summed E-state index contributed by atoms with van der Waals surface area (Å²) in [5, 5.41) is 10.6. The van der Waals surface area contributed by atoms with Crippen LogP contribution < -0.4 is 5.69 Å². The number of benzene rings is 1. The monoisotopic (exact) mass is 219 g/mol. The van der Waals surface area contributed by atoms with E-state index in [0.717, 1.165) is 5.56 Å². The number of H-pyrrole nitrogens is 1. The summed E-state index contributed by atoms with van der Waals surface area (Å²) in [5.74, 6) is 0. The molecule has 1 aromatic heterocycles. The number of nitrogens with zero attached hydrogens (tertiary/aromatic N) is 2. The van der Waals surface area contributed by atoms with E-state index in [4.69, 9.17) is 0 Å². The Morgan fingerprint density at radius 2 is 2.25 bits per heavy atom. The van der Waals surface area contributed by atoms with Gasteiger partial charge in [0, 0.05) is 24.5 Å². The molecule has 1 aromatic carbocycles. The number of rotatable bonds is 3. The van der Waals surface area contributed by atoms with Crippen molar-refractivity contribution < 1.29 is 4.92 Å². The Hall–Kier alpha value is -2.37. The van der Waals surface area contributed by atoms with E-state index >= 15 is 0 Å². The molecule has 16 heavy (non-hydrogen) atoms. The minimum atomic E-state index is -0.455. The Labute approximate surface area is 90.3 Å². The molecular weight excluding hydrogens is 210 g/mol. The van der Waals surface area contributed by atoms with Gasteiger partial charge < -0.3 is 4.98 Å². The van der Waals surface area contributed by atoms with E-state index in [1.165, 1.54) is 22.9 Å². The van der Waals surface area contributed by atoms with Crippen molar-refractivity contribution in [2.24, 2.45) is 0 Å². The lowest BCUT2D eigenvalue weighted by Gasteiger charge is -2.01. The fraction of sp³-hybridized carbons (Fsp3) is 0.100. The second kappa shape index (κ2) is 4.01. The summed E-state index contributed by atoms with van der Waals surface area (Å²) in [6, 6.07) is 6.22. The van der Waals surface area contributed by atoms with Gasteiger partial charge >= 0.3 is 5.69 Å². The number of imidazole rings is 1. The topological polar surface area (TPSA) is 80.9 Å². The average molecular weight is 219 g/mol. The molecule has 0 aliphatic carbocycles. The summed E-state index contributed by atoms with van der Waals surface area (Å²) in [4.78, 5) is 23.8. The second-order valence-corrected chi connectivity index (χ2v) is 3.32. The van der Waals surface area contributed by atoms with Crippen LogP contribution in [0, 0.1) is 10.1 Å². The Kier molecular flexibility index (Phi) is 2.55. The van der Waals surface area contributed by atoms with E-state index in [1.807, 2.05) is 0 Å². The molecular formula is C10H9N3O3. The Bertz CT molecular complexity index is 570. The summed E-state index contributed by atoms with van der Waals surface area (Å²) < 4.78 is 1.44. The van der Waals surface area contributed by atoms with Crippen molar-refractivity contribution in [3.63, 3.8) is 0 Å². The molecule has 6 nitrogen and oxygen atoms in total. The van der Waals surface area contributed by atoms with Gasteiger partial charge in [0.15, 0.2) is 0 Å². The molecule has 0 atom stereocenters. The van der Waals surface area contributed by atoms with Crippen LogP contribution in [0.1, 0.15) is 5.56 Å². The second-order valence-electron chi connectivity index (χ2n) is 3.32. The molecule has 0 aliphatic heterocycles. The lowest BCUT2D eigenvalue weighted by molar-refractivity contribution is -0.384. The van der Waals surface area contributed by atoms with Crippen molar-refractivity contribution in [1.82, 2.24) is 9.55 Å². The highest BCUT2D eigenvalue weighted by Crippen LogP contribution is 2.13. The zero-order valence-electron chi connectivity index (χ0n) is 8.29. The fourth-order valence-electron chi connectivity index (χ4n) is 1.44. The third kappa shape index (κ3) is 2.00. The third-order valence-corrected chi connectivity index (χ3v) is 2.20. The van der Waals surface area contributed by atoms with Gasteiger partial charge in [-0.15, -0.1) is 0 Å². The van der Waals surface area contributed by atoms with E-state index in [-0.39, 0.29) is 11.4 Å². The smallest absolute Gasteiger partial charge is 0.313 e. The van der Waals surface area contributed by atoms with Crippen LogP contribution >= 0.6 is 0 Å². The molecule has 0 saturated heterocycles. The molecule has 0 amide bonds. The predicted molar refractivity (Wildman–Crippen MR) is 57.3 cm³/mol. The predicted octanol–water partition coefficient (Wildman–Crippen LogP) is 1.13. The summed E-state index contributed by atoms with van der Waals surface area (Å²) in [6.45, 7) is 0.323. The molecule has 0 bridgehead atoms. The van der Waals surface area contributed by atoms with Crippen molar-refractivity contribution in [2.75, 3.05) is 0 Å². The van der Waals surface area contributed by atoms with Crippen LogP contribution in [-0.4, -0.2) is 14.5 Å². The standard InChI is InChI=1S/C10H9N3O3/c14-10-11-4-5-12(10)7-8-2-1-3-9(6-8)13(15)16/h1-6H,7H2,(H,11,14). The number of aromatic amines is 1. The third-order valence-electron chi connectivity index (χ3n) is 2.20. The largest absolute Gasteiger partial charge is 0.325 e. The van der Waals surface area contributed by atoms with E-state index in [9.17, 15) is 14.9 Å². The summed E-state index contributed by atoms with van der Waals surface area (Å²) in [6.07, 6.45) is 3.13. The number of hydrogen-bond donors (Lipinski definition) is 1. The zero-order chi connectivity index (χ0) is 11.5. The minimum absolute atomic E-state index is 0.0288. The Balaban J connectivity index is 2.29. The molecule has 2 aromatic rings. The van der Waals surface area contributed by atoms with E-state index in [0.29, 0.717) is 6.54 Å². The molecule has 82 valence electrons. The molecule has 0 spiro atoms. The van der Waals surface area contributed by atoms with Crippen molar-refractivity contribution in [3.8, 4) is 0 Å². The summed E-state index contributed by atoms with van der Waals surface area (Å²) in [7, 11) is 0. The van der Waals surface area contributed by atoms with Gasteiger partial charge in [0.05, 0.1) is 11.5 Å². The Morgan fingerprint density at radius 3 is 2.88 bits per heavy atom. The van der Waals surface area contributed by atoms with Gasteiger partial charge in [0.25, 0.3) is 5.69 Å². The molecule has 0 aliphatic rings. The van der Waals surface area contributed by atoms with Crippen LogP contribution in [0.15, 0.2) is 41.5 Å². The number of hydrogen-bond acceptors (Lipinski definition) is 3. The SMILES string of the molecule is O=c1[nH]ccn1Cc1cccc([N+](=O)[O-])c1. The molecule has 2 rings (SSSR count). The molecule has 0 radical (unpaired) electrons. The quantitative estimate of drug-likeness (QED) is 0.620. The maximum atomic E-state index is 11.2. The first-order valence-corrected chi connectivity index (χ1v) is 4.64. The first-order valence-electron chi connectivity index (χ1n) is 4.64. The number of nitro benzene ring substituents is 1.